The van der Waals surface area contributed by atoms with Gasteiger partial charge in [0.1, 0.15) is 18.3 Å². The zero-order chi connectivity index (χ0) is 15.6. The minimum atomic E-state index is -1.56. The SMILES string of the molecule is CNCC[C@@]1(n2ccc(=O)[nH]c2=O)O[C@H](CO)[C@@H](O)[C@H]1O. The minimum Gasteiger partial charge on any atom is -0.394 e. The fourth-order valence-electron chi connectivity index (χ4n) is 2.56. The Hall–Kier alpha value is -1.52. The van der Waals surface area contributed by atoms with Crippen LogP contribution in [0.15, 0.2) is 21.9 Å². The van der Waals surface area contributed by atoms with E-state index in [1.165, 1.54) is 6.20 Å². The van der Waals surface area contributed by atoms with Crippen molar-refractivity contribution in [3.8, 4) is 0 Å². The Bertz CT molecular complexity index is 599. The molecule has 1 fully saturated rings. The molecule has 1 saturated heterocycles. The summed E-state index contributed by atoms with van der Waals surface area (Å²) in [4.78, 5) is 25.2. The molecule has 0 unspecified atom stereocenters. The van der Waals surface area contributed by atoms with Gasteiger partial charge >= 0.3 is 5.69 Å². The maximum atomic E-state index is 12.0. The molecular formula is C12H19N3O6. The van der Waals surface area contributed by atoms with Crippen LogP contribution in [0, 0.1) is 0 Å². The maximum Gasteiger partial charge on any atom is 0.330 e. The summed E-state index contributed by atoms with van der Waals surface area (Å²) in [5.41, 5.74) is -2.90. The number of hydrogen-bond acceptors (Lipinski definition) is 7. The average Bonchev–Trinajstić information content (AvgIpc) is 2.70. The molecule has 1 aliphatic rings. The minimum absolute atomic E-state index is 0.157. The number of hydrogen-bond donors (Lipinski definition) is 5. The highest BCUT2D eigenvalue weighted by atomic mass is 16.6. The summed E-state index contributed by atoms with van der Waals surface area (Å²) in [6.45, 7) is -0.120. The number of H-pyrrole nitrogens is 1. The Balaban J connectivity index is 2.52. The van der Waals surface area contributed by atoms with E-state index in [9.17, 15) is 24.9 Å². The van der Waals surface area contributed by atoms with Gasteiger partial charge in [-0.15, -0.1) is 0 Å². The first-order chi connectivity index (χ1) is 9.96. The topological polar surface area (TPSA) is 137 Å². The molecule has 1 aromatic heterocycles. The predicted octanol–water partition coefficient (Wildman–Crippen LogP) is -3.09. The number of aliphatic hydroxyl groups is 3. The molecule has 5 N–H and O–H groups in total. The van der Waals surface area contributed by atoms with E-state index in [-0.39, 0.29) is 6.42 Å². The molecule has 2 rings (SSSR count). The molecule has 0 aromatic carbocycles. The molecular weight excluding hydrogens is 282 g/mol. The lowest BCUT2D eigenvalue weighted by molar-refractivity contribution is -0.154. The second-order valence-electron chi connectivity index (χ2n) is 4.95. The van der Waals surface area contributed by atoms with Crippen LogP contribution in [0.3, 0.4) is 0 Å². The lowest BCUT2D eigenvalue weighted by Gasteiger charge is -2.33. The fraction of sp³-hybridized carbons (Fsp3) is 0.667. The van der Waals surface area contributed by atoms with Crippen molar-refractivity contribution in [3.05, 3.63) is 33.1 Å². The lowest BCUT2D eigenvalue weighted by atomic mass is 9.99. The van der Waals surface area contributed by atoms with Gasteiger partial charge in [0, 0.05) is 18.7 Å². The van der Waals surface area contributed by atoms with Crippen molar-refractivity contribution in [2.45, 2.75) is 30.5 Å². The smallest absolute Gasteiger partial charge is 0.330 e. The molecule has 0 bridgehead atoms. The fourth-order valence-corrected chi connectivity index (χ4v) is 2.56. The number of rotatable bonds is 5. The molecule has 118 valence electrons. The van der Waals surface area contributed by atoms with Crippen molar-refractivity contribution in [1.29, 1.82) is 0 Å². The van der Waals surface area contributed by atoms with Gasteiger partial charge in [0.25, 0.3) is 5.56 Å². The summed E-state index contributed by atoms with van der Waals surface area (Å²) in [6, 6.07) is 1.12. The zero-order valence-corrected chi connectivity index (χ0v) is 11.5. The number of nitrogens with one attached hydrogen (secondary N) is 2. The standard InChI is InChI=1S/C12H19N3O6/c1-13-4-3-12(10(19)9(18)7(6-16)21-12)15-5-2-8(17)14-11(15)20/h2,5,7,9-10,13,16,18-19H,3-4,6H2,1H3,(H,14,17,20)/t7-,9-,10-,12-/m1/s1. The van der Waals surface area contributed by atoms with Crippen LogP contribution in [0.25, 0.3) is 0 Å². The molecule has 0 saturated carbocycles. The van der Waals surface area contributed by atoms with Crippen molar-refractivity contribution in [2.75, 3.05) is 20.2 Å². The van der Waals surface area contributed by atoms with Crippen molar-refractivity contribution < 1.29 is 20.1 Å². The predicted molar refractivity (Wildman–Crippen MR) is 71.8 cm³/mol. The van der Waals surface area contributed by atoms with Gasteiger partial charge in [0.05, 0.1) is 6.61 Å². The normalized spacial score (nSPS) is 32.5. The molecule has 9 heteroatoms. The molecule has 0 aliphatic carbocycles. The van der Waals surface area contributed by atoms with Crippen LogP contribution in [0.4, 0.5) is 0 Å². The van der Waals surface area contributed by atoms with Gasteiger partial charge in [-0.2, -0.15) is 0 Å². The number of nitrogens with zero attached hydrogens (tertiary/aromatic N) is 1. The van der Waals surface area contributed by atoms with E-state index in [2.05, 4.69) is 10.3 Å². The quantitative estimate of drug-likeness (QED) is 0.389. The van der Waals surface area contributed by atoms with Crippen molar-refractivity contribution in [3.63, 3.8) is 0 Å². The maximum absolute atomic E-state index is 12.0. The van der Waals surface area contributed by atoms with Crippen LogP contribution in [-0.2, 0) is 10.5 Å². The zero-order valence-electron chi connectivity index (χ0n) is 11.5. The number of aromatic nitrogens is 2. The molecule has 21 heavy (non-hydrogen) atoms. The second kappa shape index (κ2) is 6.08. The van der Waals surface area contributed by atoms with Crippen molar-refractivity contribution in [1.82, 2.24) is 14.9 Å². The van der Waals surface area contributed by atoms with Gasteiger partial charge in [0.15, 0.2) is 5.72 Å². The van der Waals surface area contributed by atoms with Crippen molar-refractivity contribution in [2.24, 2.45) is 0 Å². The third kappa shape index (κ3) is 2.65. The molecule has 1 aromatic rings. The molecule has 0 spiro atoms. The van der Waals surface area contributed by atoms with E-state index in [0.29, 0.717) is 6.54 Å². The summed E-state index contributed by atoms with van der Waals surface area (Å²) in [7, 11) is 1.69. The van der Waals surface area contributed by atoms with E-state index in [0.717, 1.165) is 10.6 Å². The molecule has 9 nitrogen and oxygen atoms in total. The van der Waals surface area contributed by atoms with Gasteiger partial charge in [-0.1, -0.05) is 0 Å². The summed E-state index contributed by atoms with van der Waals surface area (Å²) >= 11 is 0. The highest BCUT2D eigenvalue weighted by Crippen LogP contribution is 2.37. The summed E-state index contributed by atoms with van der Waals surface area (Å²) < 4.78 is 6.62. The van der Waals surface area contributed by atoms with E-state index in [1.54, 1.807) is 7.05 Å². The number of ether oxygens (including phenoxy) is 1. The van der Waals surface area contributed by atoms with Crippen molar-refractivity contribution >= 4 is 0 Å². The Kier molecular flexibility index (Phi) is 4.59. The van der Waals surface area contributed by atoms with E-state index in [1.807, 2.05) is 0 Å². The molecule has 1 aliphatic heterocycles. The Morgan fingerprint density at radius 3 is 2.71 bits per heavy atom. The van der Waals surface area contributed by atoms with Gasteiger partial charge in [0.2, 0.25) is 0 Å². The van der Waals surface area contributed by atoms with Gasteiger partial charge in [-0.25, -0.2) is 4.79 Å². The third-order valence-corrected chi connectivity index (χ3v) is 3.67. The number of aliphatic hydroxyl groups excluding tert-OH is 3. The molecule has 2 heterocycles. The summed E-state index contributed by atoms with van der Waals surface area (Å²) in [6.07, 6.45) is -2.43. The van der Waals surface area contributed by atoms with E-state index >= 15 is 0 Å². The second-order valence-corrected chi connectivity index (χ2v) is 4.95. The van der Waals surface area contributed by atoms with Gasteiger partial charge in [-0.3, -0.25) is 14.3 Å². The first-order valence-electron chi connectivity index (χ1n) is 6.58. The van der Waals surface area contributed by atoms with Crippen LogP contribution in [0.1, 0.15) is 6.42 Å². The molecule has 0 amide bonds. The highest BCUT2D eigenvalue weighted by molar-refractivity contribution is 5.02. The summed E-state index contributed by atoms with van der Waals surface area (Å²) in [5, 5.41) is 32.4. The van der Waals surface area contributed by atoms with Crippen LogP contribution < -0.4 is 16.6 Å². The molecule has 4 atom stereocenters. The monoisotopic (exact) mass is 301 g/mol. The Morgan fingerprint density at radius 1 is 1.48 bits per heavy atom. The molecule has 0 radical (unpaired) electrons. The Labute approximate surface area is 119 Å². The van der Waals surface area contributed by atoms with Crippen LogP contribution in [0.5, 0.6) is 0 Å². The summed E-state index contributed by atoms with van der Waals surface area (Å²) in [5.74, 6) is 0. The van der Waals surface area contributed by atoms with E-state index < -0.39 is 41.9 Å². The van der Waals surface area contributed by atoms with Crippen LogP contribution in [-0.4, -0.2) is 63.4 Å². The average molecular weight is 301 g/mol. The first kappa shape index (κ1) is 15.9. The van der Waals surface area contributed by atoms with Gasteiger partial charge < -0.3 is 25.4 Å². The van der Waals surface area contributed by atoms with Crippen LogP contribution in [0.2, 0.25) is 0 Å². The van der Waals surface area contributed by atoms with E-state index in [4.69, 9.17) is 4.74 Å². The largest absolute Gasteiger partial charge is 0.394 e. The van der Waals surface area contributed by atoms with Crippen LogP contribution >= 0.6 is 0 Å². The number of aromatic amines is 1. The highest BCUT2D eigenvalue weighted by Gasteiger charge is 2.55. The van der Waals surface area contributed by atoms with Gasteiger partial charge in [-0.05, 0) is 13.6 Å². The third-order valence-electron chi connectivity index (χ3n) is 3.67. The Morgan fingerprint density at radius 2 is 2.19 bits per heavy atom. The lowest BCUT2D eigenvalue weighted by Crippen LogP contribution is -2.52. The first-order valence-corrected chi connectivity index (χ1v) is 6.58.